The van der Waals surface area contributed by atoms with Gasteiger partial charge in [-0.25, -0.2) is 10.8 Å². The van der Waals surface area contributed by atoms with E-state index < -0.39 is 0 Å². The molecule has 0 bridgehead atoms. The van der Waals surface area contributed by atoms with E-state index >= 15 is 0 Å². The second kappa shape index (κ2) is 6.47. The van der Waals surface area contributed by atoms with Gasteiger partial charge < -0.3 is 10.7 Å². The molecule has 6 nitrogen and oxygen atoms in total. The van der Waals surface area contributed by atoms with Crippen LogP contribution >= 0.6 is 0 Å². The molecule has 1 aromatic rings. The summed E-state index contributed by atoms with van der Waals surface area (Å²) in [6, 6.07) is 0. The molecule has 0 aliphatic heterocycles. The van der Waals surface area contributed by atoms with Gasteiger partial charge in [-0.2, -0.15) is 0 Å². The Bertz CT molecular complexity index is 437. The predicted octanol–water partition coefficient (Wildman–Crippen LogP) is 1.32. The monoisotopic (exact) mass is 263 g/mol. The van der Waals surface area contributed by atoms with Gasteiger partial charge in [-0.15, -0.1) is 0 Å². The minimum absolute atomic E-state index is 0.192. The Labute approximate surface area is 113 Å². The summed E-state index contributed by atoms with van der Waals surface area (Å²) in [6.45, 7) is 2.97. The van der Waals surface area contributed by atoms with Gasteiger partial charge in [0, 0.05) is 6.54 Å². The molecule has 0 radical (unpaired) electrons. The summed E-state index contributed by atoms with van der Waals surface area (Å²) in [4.78, 5) is 20.0. The van der Waals surface area contributed by atoms with Crippen molar-refractivity contribution in [1.82, 2.24) is 15.3 Å². The first-order valence-corrected chi connectivity index (χ1v) is 6.77. The normalized spacial score (nSPS) is 22.8. The summed E-state index contributed by atoms with van der Waals surface area (Å²) in [6.07, 6.45) is 7.93. The molecule has 104 valence electrons. The molecule has 4 N–H and O–H groups in total. The van der Waals surface area contributed by atoms with Crippen molar-refractivity contribution in [3.05, 3.63) is 18.1 Å². The van der Waals surface area contributed by atoms with E-state index in [0.717, 1.165) is 0 Å². The molecule has 19 heavy (non-hydrogen) atoms. The van der Waals surface area contributed by atoms with Crippen LogP contribution in [0.4, 0.5) is 5.82 Å². The minimum Gasteiger partial charge on any atom is -0.350 e. The number of amides is 1. The number of nitrogens with one attached hydrogen (secondary N) is 2. The van der Waals surface area contributed by atoms with Crippen molar-refractivity contribution in [1.29, 1.82) is 0 Å². The number of rotatable bonds is 4. The molecule has 1 aliphatic carbocycles. The highest BCUT2D eigenvalue weighted by Crippen LogP contribution is 2.28. The Kier molecular flexibility index (Phi) is 4.68. The number of carbonyl (C=O) groups excluding carboxylic acids is 1. The highest BCUT2D eigenvalue weighted by molar-refractivity contribution is 5.92. The number of hydrazine groups is 1. The Balaban J connectivity index is 1.89. The molecule has 0 saturated heterocycles. The molecule has 1 fully saturated rings. The first kappa shape index (κ1) is 13.7. The van der Waals surface area contributed by atoms with Gasteiger partial charge in [0.2, 0.25) is 0 Å². The van der Waals surface area contributed by atoms with Gasteiger partial charge in [-0.3, -0.25) is 9.78 Å². The summed E-state index contributed by atoms with van der Waals surface area (Å²) in [7, 11) is 0. The number of hydrogen-bond donors (Lipinski definition) is 3. The van der Waals surface area contributed by atoms with Gasteiger partial charge in [0.1, 0.15) is 5.69 Å². The van der Waals surface area contributed by atoms with E-state index in [1.807, 2.05) is 0 Å². The lowest BCUT2D eigenvalue weighted by Crippen LogP contribution is -2.34. The van der Waals surface area contributed by atoms with Gasteiger partial charge >= 0.3 is 0 Å². The number of anilines is 1. The average molecular weight is 263 g/mol. The largest absolute Gasteiger partial charge is 0.350 e. The van der Waals surface area contributed by atoms with Gasteiger partial charge in [0.05, 0.1) is 12.4 Å². The quantitative estimate of drug-likeness (QED) is 0.562. The summed E-state index contributed by atoms with van der Waals surface area (Å²) >= 11 is 0. The lowest BCUT2D eigenvalue weighted by molar-refractivity contribution is 0.0931. The van der Waals surface area contributed by atoms with Crippen LogP contribution in [0.25, 0.3) is 0 Å². The van der Waals surface area contributed by atoms with Crippen molar-refractivity contribution >= 4 is 11.7 Å². The first-order chi connectivity index (χ1) is 9.20. The average Bonchev–Trinajstić information content (AvgIpc) is 2.46. The molecule has 0 spiro atoms. The molecule has 1 aliphatic rings. The van der Waals surface area contributed by atoms with Crippen LogP contribution in [0, 0.1) is 11.8 Å². The van der Waals surface area contributed by atoms with Crippen LogP contribution in [-0.2, 0) is 0 Å². The van der Waals surface area contributed by atoms with Crippen LogP contribution in [0.5, 0.6) is 0 Å². The summed E-state index contributed by atoms with van der Waals surface area (Å²) < 4.78 is 0. The SMILES string of the molecule is CC1CCCCC1CNC(=O)c1cncc(NN)n1. The molecule has 6 heteroatoms. The van der Waals surface area contributed by atoms with E-state index in [-0.39, 0.29) is 5.91 Å². The van der Waals surface area contributed by atoms with Crippen molar-refractivity contribution in [2.45, 2.75) is 32.6 Å². The summed E-state index contributed by atoms with van der Waals surface area (Å²) in [5, 5.41) is 2.94. The third-order valence-electron chi connectivity index (χ3n) is 3.83. The molecule has 1 amide bonds. The van der Waals surface area contributed by atoms with Gasteiger partial charge in [-0.1, -0.05) is 26.2 Å². The van der Waals surface area contributed by atoms with Crippen molar-refractivity contribution in [2.75, 3.05) is 12.0 Å². The second-order valence-corrected chi connectivity index (χ2v) is 5.17. The second-order valence-electron chi connectivity index (χ2n) is 5.17. The summed E-state index contributed by atoms with van der Waals surface area (Å²) in [5.74, 6) is 6.69. The van der Waals surface area contributed by atoms with Crippen molar-refractivity contribution in [2.24, 2.45) is 17.7 Å². The lowest BCUT2D eigenvalue weighted by Gasteiger charge is -2.28. The van der Waals surface area contributed by atoms with Crippen molar-refractivity contribution in [3.63, 3.8) is 0 Å². The van der Waals surface area contributed by atoms with Crippen LogP contribution < -0.4 is 16.6 Å². The highest BCUT2D eigenvalue weighted by Gasteiger charge is 2.22. The zero-order chi connectivity index (χ0) is 13.7. The van der Waals surface area contributed by atoms with Gasteiger partial charge in [0.15, 0.2) is 5.82 Å². The lowest BCUT2D eigenvalue weighted by atomic mass is 9.80. The molecule has 0 aromatic carbocycles. The fourth-order valence-corrected chi connectivity index (χ4v) is 2.56. The standard InChI is InChI=1S/C13H21N5O/c1-9-4-2-3-5-10(9)6-16-13(19)11-7-15-8-12(17-11)18-14/h7-10H,2-6,14H2,1H3,(H,16,19)(H,17,18). The maximum atomic E-state index is 12.0. The first-order valence-electron chi connectivity index (χ1n) is 6.77. The van der Waals surface area contributed by atoms with Gasteiger partial charge in [-0.05, 0) is 18.3 Å². The van der Waals surface area contributed by atoms with Gasteiger partial charge in [0.25, 0.3) is 5.91 Å². The zero-order valence-corrected chi connectivity index (χ0v) is 11.2. The molecule has 1 saturated carbocycles. The van der Waals surface area contributed by atoms with Crippen molar-refractivity contribution < 1.29 is 4.79 Å². The molecular weight excluding hydrogens is 242 g/mol. The maximum Gasteiger partial charge on any atom is 0.271 e. The number of hydrogen-bond acceptors (Lipinski definition) is 5. The molecule has 2 rings (SSSR count). The van der Waals surface area contributed by atoms with Crippen molar-refractivity contribution in [3.8, 4) is 0 Å². The third kappa shape index (κ3) is 3.64. The number of nitrogens with zero attached hydrogens (tertiary/aromatic N) is 2. The van der Waals surface area contributed by atoms with Crippen LogP contribution in [-0.4, -0.2) is 22.4 Å². The number of carbonyl (C=O) groups is 1. The molecule has 2 unspecified atom stereocenters. The molecule has 1 aromatic heterocycles. The molecule has 1 heterocycles. The fourth-order valence-electron chi connectivity index (χ4n) is 2.56. The Morgan fingerprint density at radius 3 is 2.95 bits per heavy atom. The van der Waals surface area contributed by atoms with E-state index in [2.05, 4.69) is 27.6 Å². The van der Waals surface area contributed by atoms with E-state index in [0.29, 0.717) is 29.9 Å². The van der Waals surface area contributed by atoms with E-state index in [1.54, 1.807) is 0 Å². The maximum absolute atomic E-state index is 12.0. The van der Waals surface area contributed by atoms with E-state index in [4.69, 9.17) is 5.84 Å². The van der Waals surface area contributed by atoms with E-state index in [1.165, 1.54) is 38.1 Å². The van der Waals surface area contributed by atoms with E-state index in [9.17, 15) is 4.79 Å². The number of nitrogen functional groups attached to an aromatic ring is 1. The zero-order valence-electron chi connectivity index (χ0n) is 11.2. The minimum atomic E-state index is -0.192. The van der Waals surface area contributed by atoms with Crippen LogP contribution in [0.15, 0.2) is 12.4 Å². The Hall–Kier alpha value is -1.69. The smallest absolute Gasteiger partial charge is 0.271 e. The van der Waals surface area contributed by atoms with Crippen LogP contribution in [0.2, 0.25) is 0 Å². The number of aromatic nitrogens is 2. The third-order valence-corrected chi connectivity index (χ3v) is 3.83. The van der Waals surface area contributed by atoms with Crippen LogP contribution in [0.1, 0.15) is 43.1 Å². The topological polar surface area (TPSA) is 92.9 Å². The van der Waals surface area contributed by atoms with Crippen LogP contribution in [0.3, 0.4) is 0 Å². The fraction of sp³-hybridized carbons (Fsp3) is 0.615. The Morgan fingerprint density at radius 2 is 2.21 bits per heavy atom. The Morgan fingerprint density at radius 1 is 1.42 bits per heavy atom. The number of nitrogens with two attached hydrogens (primary N) is 1. The molecular formula is C13H21N5O. The highest BCUT2D eigenvalue weighted by atomic mass is 16.1. The summed E-state index contributed by atoms with van der Waals surface area (Å²) in [5.41, 5.74) is 2.67. The molecule has 2 atom stereocenters. The predicted molar refractivity (Wildman–Crippen MR) is 73.3 cm³/mol.